The monoisotopic (exact) mass is 385 g/mol. The standard InChI is InChI=1S/C14H20BrN5O3/c1-19(2)14(23)20-5-3-9(4-6-20)12(21)17-18-13(22)11-7-10(15)8-16-11/h7-9,16H,3-6H2,1-2H3,(H,17,21)(H,18,22). The molecule has 0 radical (unpaired) electrons. The van der Waals surface area contributed by atoms with E-state index in [-0.39, 0.29) is 17.9 Å². The van der Waals surface area contributed by atoms with Crippen molar-refractivity contribution >= 4 is 33.8 Å². The predicted molar refractivity (Wildman–Crippen MR) is 87.5 cm³/mol. The summed E-state index contributed by atoms with van der Waals surface area (Å²) in [7, 11) is 3.41. The van der Waals surface area contributed by atoms with E-state index in [0.29, 0.717) is 31.6 Å². The highest BCUT2D eigenvalue weighted by Gasteiger charge is 2.28. The Labute approximate surface area is 142 Å². The summed E-state index contributed by atoms with van der Waals surface area (Å²) in [6.07, 6.45) is 2.79. The van der Waals surface area contributed by atoms with Crippen LogP contribution in [-0.2, 0) is 4.79 Å². The lowest BCUT2D eigenvalue weighted by molar-refractivity contribution is -0.127. The molecule has 0 saturated carbocycles. The first-order valence-electron chi connectivity index (χ1n) is 7.29. The third-order valence-electron chi connectivity index (χ3n) is 3.71. The molecule has 4 amide bonds. The van der Waals surface area contributed by atoms with Crippen molar-refractivity contribution in [3.63, 3.8) is 0 Å². The van der Waals surface area contributed by atoms with Gasteiger partial charge in [-0.3, -0.25) is 20.4 Å². The lowest BCUT2D eigenvalue weighted by Crippen LogP contribution is -2.49. The summed E-state index contributed by atoms with van der Waals surface area (Å²) in [5, 5.41) is 0. The van der Waals surface area contributed by atoms with Crippen LogP contribution in [0.5, 0.6) is 0 Å². The van der Waals surface area contributed by atoms with E-state index in [1.54, 1.807) is 31.3 Å². The van der Waals surface area contributed by atoms with Crippen LogP contribution >= 0.6 is 15.9 Å². The minimum Gasteiger partial charge on any atom is -0.356 e. The number of piperidine rings is 1. The molecule has 9 heteroatoms. The molecule has 1 aliphatic heterocycles. The number of rotatable bonds is 2. The van der Waals surface area contributed by atoms with Crippen molar-refractivity contribution in [2.75, 3.05) is 27.2 Å². The summed E-state index contributed by atoms with van der Waals surface area (Å²) in [5.74, 6) is -0.859. The number of hydrogen-bond donors (Lipinski definition) is 3. The Balaban J connectivity index is 1.77. The molecule has 0 spiro atoms. The molecule has 1 saturated heterocycles. The van der Waals surface area contributed by atoms with Crippen LogP contribution in [0.15, 0.2) is 16.7 Å². The van der Waals surface area contributed by atoms with Gasteiger partial charge in [0.2, 0.25) is 5.91 Å². The fraction of sp³-hybridized carbons (Fsp3) is 0.500. The summed E-state index contributed by atoms with van der Waals surface area (Å²) in [6, 6.07) is 1.57. The molecule has 0 atom stereocenters. The average molecular weight is 386 g/mol. The smallest absolute Gasteiger partial charge is 0.319 e. The molecule has 2 heterocycles. The molecule has 3 N–H and O–H groups in total. The number of aromatic nitrogens is 1. The minimum atomic E-state index is -0.413. The zero-order chi connectivity index (χ0) is 17.0. The maximum Gasteiger partial charge on any atom is 0.319 e. The second-order valence-electron chi connectivity index (χ2n) is 5.61. The zero-order valence-electron chi connectivity index (χ0n) is 13.1. The Bertz CT molecular complexity index is 593. The maximum absolute atomic E-state index is 12.1. The highest BCUT2D eigenvalue weighted by Crippen LogP contribution is 2.18. The van der Waals surface area contributed by atoms with Crippen LogP contribution in [0.25, 0.3) is 0 Å². The van der Waals surface area contributed by atoms with Crippen LogP contribution in [0.4, 0.5) is 4.79 Å². The molecule has 126 valence electrons. The van der Waals surface area contributed by atoms with Gasteiger partial charge in [-0.05, 0) is 34.8 Å². The van der Waals surface area contributed by atoms with Gasteiger partial charge in [-0.25, -0.2) is 4.79 Å². The van der Waals surface area contributed by atoms with Crippen molar-refractivity contribution in [1.29, 1.82) is 0 Å². The minimum absolute atomic E-state index is 0.0468. The second kappa shape index (κ2) is 7.49. The van der Waals surface area contributed by atoms with E-state index in [1.165, 1.54) is 4.90 Å². The Morgan fingerprint density at radius 3 is 2.43 bits per heavy atom. The van der Waals surface area contributed by atoms with Crippen molar-refractivity contribution in [3.05, 3.63) is 22.4 Å². The lowest BCUT2D eigenvalue weighted by atomic mass is 9.96. The average Bonchev–Trinajstić information content (AvgIpc) is 2.98. The number of nitrogens with zero attached hydrogens (tertiary/aromatic N) is 2. The largest absolute Gasteiger partial charge is 0.356 e. The summed E-state index contributed by atoms with van der Waals surface area (Å²) in [5.41, 5.74) is 5.17. The van der Waals surface area contributed by atoms with E-state index in [0.717, 1.165) is 4.47 Å². The summed E-state index contributed by atoms with van der Waals surface area (Å²) in [4.78, 5) is 41.8. The highest BCUT2D eigenvalue weighted by atomic mass is 79.9. The number of carbonyl (C=O) groups excluding carboxylic acids is 3. The van der Waals surface area contributed by atoms with E-state index in [4.69, 9.17) is 0 Å². The number of hydrazine groups is 1. The molecule has 0 bridgehead atoms. The van der Waals surface area contributed by atoms with E-state index in [1.807, 2.05) is 0 Å². The Morgan fingerprint density at radius 2 is 1.91 bits per heavy atom. The molecule has 0 aliphatic carbocycles. The Hall–Kier alpha value is -2.03. The number of urea groups is 1. The SMILES string of the molecule is CN(C)C(=O)N1CCC(C(=O)NNC(=O)c2cc(Br)c[nH]2)CC1. The molecule has 1 aromatic heterocycles. The molecule has 1 aliphatic rings. The van der Waals surface area contributed by atoms with Gasteiger partial charge in [0.05, 0.1) is 0 Å². The van der Waals surface area contributed by atoms with Gasteiger partial charge >= 0.3 is 6.03 Å². The molecular formula is C14H20BrN5O3. The van der Waals surface area contributed by atoms with Gasteiger partial charge in [-0.1, -0.05) is 0 Å². The number of amides is 4. The number of halogens is 1. The number of hydrogen-bond acceptors (Lipinski definition) is 3. The van der Waals surface area contributed by atoms with Crippen molar-refractivity contribution < 1.29 is 14.4 Å². The molecule has 23 heavy (non-hydrogen) atoms. The third-order valence-corrected chi connectivity index (χ3v) is 4.17. The Kier molecular flexibility index (Phi) is 5.64. The van der Waals surface area contributed by atoms with Gasteiger partial charge in [0.25, 0.3) is 5.91 Å². The van der Waals surface area contributed by atoms with Crippen LogP contribution in [-0.4, -0.2) is 59.8 Å². The van der Waals surface area contributed by atoms with E-state index in [9.17, 15) is 14.4 Å². The fourth-order valence-corrected chi connectivity index (χ4v) is 2.75. The van der Waals surface area contributed by atoms with Crippen molar-refractivity contribution in [2.45, 2.75) is 12.8 Å². The molecule has 1 aromatic rings. The summed E-state index contributed by atoms with van der Waals surface area (Å²) < 4.78 is 0.756. The van der Waals surface area contributed by atoms with Crippen molar-refractivity contribution in [1.82, 2.24) is 25.6 Å². The van der Waals surface area contributed by atoms with Crippen LogP contribution < -0.4 is 10.9 Å². The summed E-state index contributed by atoms with van der Waals surface area (Å²) >= 11 is 3.24. The molecule has 0 aromatic carbocycles. The molecule has 2 rings (SSSR count). The van der Waals surface area contributed by atoms with Crippen LogP contribution in [0.2, 0.25) is 0 Å². The van der Waals surface area contributed by atoms with Gasteiger partial charge in [0.1, 0.15) is 5.69 Å². The van der Waals surface area contributed by atoms with Crippen LogP contribution in [0.3, 0.4) is 0 Å². The quantitative estimate of drug-likeness (QED) is 0.660. The maximum atomic E-state index is 12.1. The molecule has 1 fully saturated rings. The van der Waals surface area contributed by atoms with Crippen molar-refractivity contribution in [2.24, 2.45) is 5.92 Å². The number of H-pyrrole nitrogens is 1. The first kappa shape index (κ1) is 17.3. The number of aromatic amines is 1. The van der Waals surface area contributed by atoms with E-state index in [2.05, 4.69) is 31.8 Å². The molecule has 8 nitrogen and oxygen atoms in total. The van der Waals surface area contributed by atoms with Crippen molar-refractivity contribution in [3.8, 4) is 0 Å². The molecular weight excluding hydrogens is 366 g/mol. The lowest BCUT2D eigenvalue weighted by Gasteiger charge is -2.32. The first-order chi connectivity index (χ1) is 10.9. The molecule has 0 unspecified atom stereocenters. The van der Waals surface area contributed by atoms with E-state index >= 15 is 0 Å². The first-order valence-corrected chi connectivity index (χ1v) is 8.08. The van der Waals surface area contributed by atoms with E-state index < -0.39 is 5.91 Å². The second-order valence-corrected chi connectivity index (χ2v) is 6.53. The van der Waals surface area contributed by atoms with Gasteiger partial charge < -0.3 is 14.8 Å². The number of nitrogens with one attached hydrogen (secondary N) is 3. The van der Waals surface area contributed by atoms with Crippen LogP contribution in [0.1, 0.15) is 23.3 Å². The fourth-order valence-electron chi connectivity index (χ4n) is 2.40. The topological polar surface area (TPSA) is 97.5 Å². The van der Waals surface area contributed by atoms with Gasteiger partial charge in [-0.2, -0.15) is 0 Å². The van der Waals surface area contributed by atoms with Gasteiger partial charge in [-0.15, -0.1) is 0 Å². The predicted octanol–water partition coefficient (Wildman–Crippen LogP) is 0.932. The number of likely N-dealkylation sites (tertiary alicyclic amines) is 1. The zero-order valence-corrected chi connectivity index (χ0v) is 14.6. The van der Waals surface area contributed by atoms with Crippen LogP contribution in [0, 0.1) is 5.92 Å². The normalized spacial score (nSPS) is 15.2. The highest BCUT2D eigenvalue weighted by molar-refractivity contribution is 9.10. The Morgan fingerprint density at radius 1 is 1.26 bits per heavy atom. The third kappa shape index (κ3) is 4.47. The summed E-state index contributed by atoms with van der Waals surface area (Å²) in [6.45, 7) is 1.07. The number of carbonyl (C=O) groups is 3. The van der Waals surface area contributed by atoms with Gasteiger partial charge in [0.15, 0.2) is 0 Å². The van der Waals surface area contributed by atoms with Gasteiger partial charge in [0, 0.05) is 43.8 Å².